The number of amides is 2. The van der Waals surface area contributed by atoms with Crippen molar-refractivity contribution < 1.29 is 19.1 Å². The van der Waals surface area contributed by atoms with Gasteiger partial charge in [-0.15, -0.1) is 0 Å². The summed E-state index contributed by atoms with van der Waals surface area (Å²) in [5.74, 6) is -0.174. The zero-order valence-corrected chi connectivity index (χ0v) is 19.5. The molecule has 1 saturated heterocycles. The third-order valence-electron chi connectivity index (χ3n) is 7.26. The van der Waals surface area contributed by atoms with Crippen molar-refractivity contribution in [3.05, 3.63) is 65.1 Å². The fourth-order valence-corrected chi connectivity index (χ4v) is 5.26. The number of carboxylic acid groups (broad SMARTS) is 1. The van der Waals surface area contributed by atoms with E-state index in [1.54, 1.807) is 12.1 Å². The van der Waals surface area contributed by atoms with Gasteiger partial charge in [0.2, 0.25) is 5.91 Å². The minimum absolute atomic E-state index is 0.0642. The van der Waals surface area contributed by atoms with Gasteiger partial charge in [0.15, 0.2) is 0 Å². The van der Waals surface area contributed by atoms with E-state index >= 15 is 0 Å². The molecule has 5 rings (SSSR count). The summed E-state index contributed by atoms with van der Waals surface area (Å²) in [5.41, 5.74) is 5.17. The molecule has 2 amide bonds. The number of hydrogen-bond donors (Lipinski definition) is 1. The second-order valence-corrected chi connectivity index (χ2v) is 9.35. The second-order valence-electron chi connectivity index (χ2n) is 9.35. The van der Waals surface area contributed by atoms with E-state index in [0.717, 1.165) is 52.9 Å². The molecule has 0 bridgehead atoms. The van der Waals surface area contributed by atoms with Gasteiger partial charge in [-0.25, -0.2) is 9.18 Å². The largest absolute Gasteiger partial charge is 0.465 e. The Labute approximate surface area is 198 Å². The Kier molecular flexibility index (Phi) is 5.77. The number of hydrogen-bond acceptors (Lipinski definition) is 3. The Morgan fingerprint density at radius 2 is 1.88 bits per heavy atom. The van der Waals surface area contributed by atoms with Crippen LogP contribution in [0.15, 0.2) is 42.5 Å². The molecule has 1 aromatic heterocycles. The zero-order chi connectivity index (χ0) is 24.0. The van der Waals surface area contributed by atoms with Crippen LogP contribution < -0.4 is 4.90 Å². The van der Waals surface area contributed by atoms with Crippen LogP contribution in [0.5, 0.6) is 0 Å². The molecular formula is C26H29FN4O3. The molecule has 34 heavy (non-hydrogen) atoms. The molecule has 2 aromatic carbocycles. The first-order chi connectivity index (χ1) is 16.3. The van der Waals surface area contributed by atoms with Gasteiger partial charge in [-0.1, -0.05) is 18.2 Å². The van der Waals surface area contributed by atoms with Gasteiger partial charge in [0, 0.05) is 61.5 Å². The monoisotopic (exact) mass is 464 g/mol. The van der Waals surface area contributed by atoms with Crippen LogP contribution in [0, 0.1) is 5.82 Å². The summed E-state index contributed by atoms with van der Waals surface area (Å²) >= 11 is 0. The van der Waals surface area contributed by atoms with Gasteiger partial charge in [-0.2, -0.15) is 0 Å². The van der Waals surface area contributed by atoms with Crippen molar-refractivity contribution in [1.82, 2.24) is 14.4 Å². The average molecular weight is 465 g/mol. The van der Waals surface area contributed by atoms with Gasteiger partial charge in [0.25, 0.3) is 0 Å². The molecule has 1 N–H and O–H groups in total. The third-order valence-corrected chi connectivity index (χ3v) is 7.26. The highest BCUT2D eigenvalue weighted by atomic mass is 19.1. The third kappa shape index (κ3) is 4.03. The number of aromatic nitrogens is 1. The summed E-state index contributed by atoms with van der Waals surface area (Å²) in [6.45, 7) is 4.82. The van der Waals surface area contributed by atoms with Crippen LogP contribution in [0.2, 0.25) is 0 Å². The number of carbonyl (C=O) groups excluding carboxylic acids is 1. The van der Waals surface area contributed by atoms with Gasteiger partial charge in [-0.05, 0) is 43.2 Å². The lowest BCUT2D eigenvalue weighted by Gasteiger charge is -2.34. The number of fused-ring (bicyclic) bond motifs is 3. The molecule has 0 aliphatic carbocycles. The van der Waals surface area contributed by atoms with E-state index in [1.807, 2.05) is 31.0 Å². The van der Waals surface area contributed by atoms with E-state index in [1.165, 1.54) is 17.0 Å². The Balaban J connectivity index is 1.31. The number of benzene rings is 2. The van der Waals surface area contributed by atoms with E-state index in [-0.39, 0.29) is 17.8 Å². The maximum absolute atomic E-state index is 13.1. The fourth-order valence-electron chi connectivity index (χ4n) is 5.26. The minimum Gasteiger partial charge on any atom is -0.465 e. The highest BCUT2D eigenvalue weighted by Crippen LogP contribution is 2.34. The molecule has 178 valence electrons. The Bertz CT molecular complexity index is 1250. The van der Waals surface area contributed by atoms with E-state index in [0.29, 0.717) is 26.1 Å². The number of anilines is 1. The Morgan fingerprint density at radius 1 is 1.12 bits per heavy atom. The summed E-state index contributed by atoms with van der Waals surface area (Å²) in [6, 6.07) is 12.5. The number of rotatable bonds is 4. The molecule has 2 aliphatic rings. The number of carbonyl (C=O) groups is 2. The molecule has 3 heterocycles. The van der Waals surface area contributed by atoms with Crippen LogP contribution in [-0.2, 0) is 31.2 Å². The van der Waals surface area contributed by atoms with Crippen LogP contribution in [0.1, 0.15) is 23.7 Å². The lowest BCUT2D eigenvalue weighted by atomic mass is 9.99. The number of halogens is 1. The van der Waals surface area contributed by atoms with Crippen LogP contribution in [0.3, 0.4) is 0 Å². The maximum atomic E-state index is 13.1. The summed E-state index contributed by atoms with van der Waals surface area (Å²) < 4.78 is 15.3. The summed E-state index contributed by atoms with van der Waals surface area (Å²) in [7, 11) is 2.02. The van der Waals surface area contributed by atoms with E-state index in [4.69, 9.17) is 0 Å². The van der Waals surface area contributed by atoms with Gasteiger partial charge in [0.1, 0.15) is 5.82 Å². The van der Waals surface area contributed by atoms with Crippen LogP contribution in [-0.4, -0.2) is 63.7 Å². The predicted molar refractivity (Wildman–Crippen MR) is 129 cm³/mol. The lowest BCUT2D eigenvalue weighted by Crippen LogP contribution is -2.50. The lowest BCUT2D eigenvalue weighted by molar-refractivity contribution is -0.121. The minimum atomic E-state index is -0.894. The van der Waals surface area contributed by atoms with Crippen molar-refractivity contribution in [2.45, 2.75) is 32.4 Å². The predicted octanol–water partition coefficient (Wildman–Crippen LogP) is 3.63. The number of piperazine rings is 1. The maximum Gasteiger partial charge on any atom is 0.407 e. The molecular weight excluding hydrogens is 435 g/mol. The van der Waals surface area contributed by atoms with Crippen molar-refractivity contribution in [2.24, 2.45) is 7.05 Å². The molecule has 0 radical (unpaired) electrons. The topological polar surface area (TPSA) is 69.0 Å². The average Bonchev–Trinajstić information content (AvgIpc) is 3.08. The van der Waals surface area contributed by atoms with Crippen molar-refractivity contribution in [1.29, 1.82) is 0 Å². The smallest absolute Gasteiger partial charge is 0.407 e. The molecule has 1 unspecified atom stereocenters. The number of aryl methyl sites for hydroxylation is 1. The molecule has 7 nitrogen and oxygen atoms in total. The van der Waals surface area contributed by atoms with Crippen LogP contribution in [0.25, 0.3) is 10.9 Å². The highest BCUT2D eigenvalue weighted by molar-refractivity contribution is 5.98. The van der Waals surface area contributed by atoms with Crippen molar-refractivity contribution in [2.75, 3.05) is 31.1 Å². The van der Waals surface area contributed by atoms with Crippen molar-refractivity contribution >= 4 is 28.6 Å². The van der Waals surface area contributed by atoms with Gasteiger partial charge >= 0.3 is 6.09 Å². The summed E-state index contributed by atoms with van der Waals surface area (Å²) in [6.07, 6.45) is 0.559. The van der Waals surface area contributed by atoms with Gasteiger partial charge in [-0.3, -0.25) is 9.69 Å². The van der Waals surface area contributed by atoms with E-state index in [2.05, 4.69) is 15.5 Å². The summed E-state index contributed by atoms with van der Waals surface area (Å²) in [5, 5.41) is 10.6. The first kappa shape index (κ1) is 22.4. The first-order valence-corrected chi connectivity index (χ1v) is 11.7. The van der Waals surface area contributed by atoms with Crippen LogP contribution in [0.4, 0.5) is 14.9 Å². The normalized spacial score (nSPS) is 19.0. The summed E-state index contributed by atoms with van der Waals surface area (Å²) in [4.78, 5) is 30.1. The van der Waals surface area contributed by atoms with Crippen molar-refractivity contribution in [3.8, 4) is 0 Å². The second kappa shape index (κ2) is 8.76. The molecule has 0 saturated carbocycles. The molecule has 0 spiro atoms. The molecule has 8 heteroatoms. The highest BCUT2D eigenvalue weighted by Gasteiger charge is 2.31. The Morgan fingerprint density at radius 3 is 2.59 bits per heavy atom. The van der Waals surface area contributed by atoms with Gasteiger partial charge in [0.05, 0.1) is 18.6 Å². The molecule has 3 aromatic rings. The molecule has 1 atom stereocenters. The SMILES string of the molecule is CC1Cc2c(c3ccc(N4CCN(CCc5ccc(F)cc5)CC4=O)cc3n2C)CN1C(=O)O. The van der Waals surface area contributed by atoms with Gasteiger partial charge < -0.3 is 19.5 Å². The molecule has 2 aliphatic heterocycles. The quantitative estimate of drug-likeness (QED) is 0.640. The van der Waals surface area contributed by atoms with Crippen LogP contribution >= 0.6 is 0 Å². The fraction of sp³-hybridized carbons (Fsp3) is 0.385. The van der Waals surface area contributed by atoms with E-state index < -0.39 is 6.09 Å². The standard InChI is InChI=1S/C26H29FN4O3/c1-17-13-23-22(15-31(17)26(33)34)21-8-7-20(14-24(21)28(23)2)30-12-11-29(16-25(30)32)10-9-18-3-5-19(27)6-4-18/h3-8,14,17H,9-13,15-16H2,1-2H3,(H,33,34). The van der Waals surface area contributed by atoms with E-state index in [9.17, 15) is 19.1 Å². The Hall–Kier alpha value is -3.39. The number of nitrogens with zero attached hydrogens (tertiary/aromatic N) is 4. The first-order valence-electron chi connectivity index (χ1n) is 11.7. The van der Waals surface area contributed by atoms with Crippen molar-refractivity contribution in [3.63, 3.8) is 0 Å². The zero-order valence-electron chi connectivity index (χ0n) is 19.5. The molecule has 1 fully saturated rings.